The third-order valence-electron chi connectivity index (χ3n) is 3.97. The monoisotopic (exact) mass is 338 g/mol. The molecular weight excluding hydrogens is 312 g/mol. The van der Waals surface area contributed by atoms with Crippen LogP contribution in [-0.2, 0) is 4.74 Å². The zero-order valence-corrected chi connectivity index (χ0v) is 14.8. The van der Waals surface area contributed by atoms with Crippen molar-refractivity contribution in [1.82, 2.24) is 15.5 Å². The van der Waals surface area contributed by atoms with E-state index < -0.39 is 0 Å². The molecule has 0 aromatic heterocycles. The fourth-order valence-electron chi connectivity index (χ4n) is 2.69. The van der Waals surface area contributed by atoms with E-state index >= 15 is 0 Å². The topological polar surface area (TPSA) is 48.9 Å². The second-order valence-corrected chi connectivity index (χ2v) is 6.03. The van der Waals surface area contributed by atoms with Crippen molar-refractivity contribution in [2.45, 2.75) is 19.4 Å². The minimum Gasteiger partial charge on any atom is -0.379 e. The molecule has 1 fully saturated rings. The van der Waals surface area contributed by atoms with Crippen molar-refractivity contribution in [3.63, 3.8) is 0 Å². The third kappa shape index (κ3) is 5.68. The number of nitrogens with one attached hydrogen (secondary N) is 2. The summed E-state index contributed by atoms with van der Waals surface area (Å²) >= 11 is 6.03. The molecule has 1 atom stereocenters. The Morgan fingerprint density at radius 1 is 1.26 bits per heavy atom. The average Bonchev–Trinajstić information content (AvgIpc) is 2.60. The molecule has 5 nitrogen and oxygen atoms in total. The van der Waals surface area contributed by atoms with Crippen LogP contribution in [0.15, 0.2) is 29.3 Å². The van der Waals surface area contributed by atoms with Crippen LogP contribution in [0, 0.1) is 0 Å². The van der Waals surface area contributed by atoms with Crippen molar-refractivity contribution in [3.8, 4) is 0 Å². The van der Waals surface area contributed by atoms with E-state index in [2.05, 4.69) is 39.6 Å². The van der Waals surface area contributed by atoms with Gasteiger partial charge in [-0.2, -0.15) is 0 Å². The van der Waals surface area contributed by atoms with Crippen LogP contribution in [0.1, 0.15) is 24.9 Å². The van der Waals surface area contributed by atoms with Gasteiger partial charge in [0.05, 0.1) is 19.3 Å². The van der Waals surface area contributed by atoms with Crippen LogP contribution in [0.25, 0.3) is 0 Å². The summed E-state index contributed by atoms with van der Waals surface area (Å²) in [5, 5.41) is 7.52. The highest BCUT2D eigenvalue weighted by Crippen LogP contribution is 2.23. The molecule has 0 aliphatic carbocycles. The van der Waals surface area contributed by atoms with Gasteiger partial charge in [0.1, 0.15) is 0 Å². The Morgan fingerprint density at radius 2 is 1.96 bits per heavy atom. The molecule has 0 radical (unpaired) electrons. The van der Waals surface area contributed by atoms with Gasteiger partial charge in [-0.25, -0.2) is 0 Å². The van der Waals surface area contributed by atoms with Crippen LogP contribution in [0.5, 0.6) is 0 Å². The molecule has 1 unspecified atom stereocenters. The second kappa shape index (κ2) is 9.75. The first kappa shape index (κ1) is 18.0. The van der Waals surface area contributed by atoms with Crippen LogP contribution in [0.2, 0.25) is 5.02 Å². The molecule has 0 spiro atoms. The molecule has 0 amide bonds. The van der Waals surface area contributed by atoms with Gasteiger partial charge in [-0.15, -0.1) is 0 Å². The zero-order valence-electron chi connectivity index (χ0n) is 14.0. The number of hydrogen-bond acceptors (Lipinski definition) is 3. The van der Waals surface area contributed by atoms with E-state index in [1.807, 2.05) is 12.1 Å². The van der Waals surface area contributed by atoms with E-state index in [1.54, 1.807) is 7.05 Å². The van der Waals surface area contributed by atoms with Crippen molar-refractivity contribution < 1.29 is 4.74 Å². The molecule has 1 aromatic carbocycles. The third-order valence-corrected chi connectivity index (χ3v) is 4.22. The number of rotatable bonds is 6. The van der Waals surface area contributed by atoms with Crippen LogP contribution < -0.4 is 10.6 Å². The van der Waals surface area contributed by atoms with E-state index in [9.17, 15) is 0 Å². The van der Waals surface area contributed by atoms with Crippen molar-refractivity contribution in [3.05, 3.63) is 34.9 Å². The number of ether oxygens (including phenoxy) is 1. The minimum atomic E-state index is 0.274. The summed E-state index contributed by atoms with van der Waals surface area (Å²) in [4.78, 5) is 6.73. The van der Waals surface area contributed by atoms with Crippen molar-refractivity contribution >= 4 is 17.6 Å². The summed E-state index contributed by atoms with van der Waals surface area (Å²) in [6.07, 6.45) is 1.07. The standard InChI is InChI=1S/C17H27ClN4O/c1-3-8-20-17(19-2)21-13-16(22-9-11-23-12-10-22)14-4-6-15(18)7-5-14/h4-7,16H,3,8-13H2,1-2H3,(H2,19,20,21). The second-order valence-electron chi connectivity index (χ2n) is 5.60. The number of benzene rings is 1. The van der Waals surface area contributed by atoms with E-state index in [0.29, 0.717) is 0 Å². The van der Waals surface area contributed by atoms with Crippen molar-refractivity contribution in [2.24, 2.45) is 4.99 Å². The number of aliphatic imine (C=N–C) groups is 1. The van der Waals surface area contributed by atoms with Crippen LogP contribution in [0.4, 0.5) is 0 Å². The Morgan fingerprint density at radius 3 is 2.57 bits per heavy atom. The molecule has 0 bridgehead atoms. The fraction of sp³-hybridized carbons (Fsp3) is 0.588. The van der Waals surface area contributed by atoms with E-state index in [4.69, 9.17) is 16.3 Å². The Hall–Kier alpha value is -1.30. The van der Waals surface area contributed by atoms with E-state index in [1.165, 1.54) is 5.56 Å². The fourth-order valence-corrected chi connectivity index (χ4v) is 2.82. The molecular formula is C17H27ClN4O. The highest BCUT2D eigenvalue weighted by Gasteiger charge is 2.22. The van der Waals surface area contributed by atoms with Crippen molar-refractivity contribution in [2.75, 3.05) is 46.4 Å². The zero-order chi connectivity index (χ0) is 16.5. The molecule has 2 N–H and O–H groups in total. The van der Waals surface area contributed by atoms with Crippen LogP contribution >= 0.6 is 11.6 Å². The Balaban J connectivity index is 2.05. The number of morpholine rings is 1. The lowest BCUT2D eigenvalue weighted by Crippen LogP contribution is -2.46. The van der Waals surface area contributed by atoms with Gasteiger partial charge < -0.3 is 15.4 Å². The first-order chi connectivity index (χ1) is 11.2. The van der Waals surface area contributed by atoms with Crippen molar-refractivity contribution in [1.29, 1.82) is 0 Å². The summed E-state index contributed by atoms with van der Waals surface area (Å²) in [5.41, 5.74) is 1.26. The van der Waals surface area contributed by atoms with Gasteiger partial charge in [-0.1, -0.05) is 30.7 Å². The molecule has 1 aliphatic heterocycles. The maximum Gasteiger partial charge on any atom is 0.191 e. The van der Waals surface area contributed by atoms with Crippen LogP contribution in [0.3, 0.4) is 0 Å². The van der Waals surface area contributed by atoms with Gasteiger partial charge in [0.2, 0.25) is 0 Å². The van der Waals surface area contributed by atoms with E-state index in [-0.39, 0.29) is 6.04 Å². The molecule has 0 saturated carbocycles. The quantitative estimate of drug-likeness (QED) is 0.617. The molecule has 128 valence electrons. The molecule has 1 aliphatic rings. The maximum atomic E-state index is 6.03. The predicted molar refractivity (Wildman–Crippen MR) is 96.2 cm³/mol. The number of hydrogen-bond donors (Lipinski definition) is 2. The molecule has 6 heteroatoms. The average molecular weight is 339 g/mol. The SMILES string of the molecule is CCCNC(=NC)NCC(c1ccc(Cl)cc1)N1CCOCC1. The Kier molecular flexibility index (Phi) is 7.65. The first-order valence-electron chi connectivity index (χ1n) is 8.26. The van der Waals surface area contributed by atoms with Gasteiger partial charge >= 0.3 is 0 Å². The summed E-state index contributed by atoms with van der Waals surface area (Å²) in [5.74, 6) is 0.846. The smallest absolute Gasteiger partial charge is 0.191 e. The summed E-state index contributed by atoms with van der Waals surface area (Å²) < 4.78 is 5.49. The first-order valence-corrected chi connectivity index (χ1v) is 8.64. The summed E-state index contributed by atoms with van der Waals surface area (Å²) in [6.45, 7) is 7.31. The molecule has 2 rings (SSSR count). The van der Waals surface area contributed by atoms with Gasteiger partial charge in [0.25, 0.3) is 0 Å². The normalized spacial score (nSPS) is 17.8. The Bertz CT molecular complexity index is 486. The van der Waals surface area contributed by atoms with Gasteiger partial charge in [-0.3, -0.25) is 9.89 Å². The number of halogens is 1. The summed E-state index contributed by atoms with van der Waals surface area (Å²) in [7, 11) is 1.80. The lowest BCUT2D eigenvalue weighted by atomic mass is 10.0. The highest BCUT2D eigenvalue weighted by atomic mass is 35.5. The van der Waals surface area contributed by atoms with Crippen LogP contribution in [-0.4, -0.2) is 57.3 Å². The lowest BCUT2D eigenvalue weighted by Gasteiger charge is -2.35. The molecule has 1 aromatic rings. The maximum absolute atomic E-state index is 6.03. The Labute approximate surface area is 144 Å². The molecule has 23 heavy (non-hydrogen) atoms. The molecule has 1 saturated heterocycles. The van der Waals surface area contributed by atoms with E-state index in [0.717, 1.165) is 56.8 Å². The van der Waals surface area contributed by atoms with Gasteiger partial charge in [0, 0.05) is 38.2 Å². The number of guanidine groups is 1. The number of nitrogens with zero attached hydrogens (tertiary/aromatic N) is 2. The minimum absolute atomic E-state index is 0.274. The lowest BCUT2D eigenvalue weighted by molar-refractivity contribution is 0.0170. The largest absolute Gasteiger partial charge is 0.379 e. The van der Waals surface area contributed by atoms with Gasteiger partial charge in [-0.05, 0) is 24.1 Å². The van der Waals surface area contributed by atoms with Gasteiger partial charge in [0.15, 0.2) is 5.96 Å². The highest BCUT2D eigenvalue weighted by molar-refractivity contribution is 6.30. The predicted octanol–water partition coefficient (Wildman–Crippen LogP) is 2.29. The summed E-state index contributed by atoms with van der Waals surface area (Å²) in [6, 6.07) is 8.39. The molecule has 1 heterocycles.